The van der Waals surface area contributed by atoms with Crippen LogP contribution in [-0.2, 0) is 19.1 Å². The van der Waals surface area contributed by atoms with E-state index in [-0.39, 0.29) is 29.8 Å². The zero-order valence-electron chi connectivity index (χ0n) is 23.7. The molecule has 3 aromatic carbocycles. The Kier molecular flexibility index (Phi) is 7.78. The minimum absolute atomic E-state index is 0.100. The van der Waals surface area contributed by atoms with Crippen molar-refractivity contribution in [3.63, 3.8) is 0 Å². The molecule has 0 bridgehead atoms. The fourth-order valence-electron chi connectivity index (χ4n) is 7.17. The fraction of sp³-hybridized carbons (Fsp3) is 0.371. The van der Waals surface area contributed by atoms with Crippen LogP contribution in [0.1, 0.15) is 44.6 Å². The van der Waals surface area contributed by atoms with Gasteiger partial charge in [-0.3, -0.25) is 14.5 Å². The number of anilines is 1. The lowest BCUT2D eigenvalue weighted by Gasteiger charge is -2.31. The van der Waals surface area contributed by atoms with Crippen molar-refractivity contribution in [1.82, 2.24) is 0 Å². The summed E-state index contributed by atoms with van der Waals surface area (Å²) in [6, 6.07) is 20.9. The molecule has 3 aliphatic rings. The molecule has 0 aromatic heterocycles. The first-order valence-corrected chi connectivity index (χ1v) is 14.7. The van der Waals surface area contributed by atoms with E-state index in [1.807, 2.05) is 60.7 Å². The van der Waals surface area contributed by atoms with Gasteiger partial charge >= 0.3 is 0 Å². The van der Waals surface area contributed by atoms with Crippen LogP contribution < -0.4 is 4.90 Å². The van der Waals surface area contributed by atoms with Crippen molar-refractivity contribution < 1.29 is 24.2 Å². The Bertz CT molecular complexity index is 1520. The number of allylic oxidation sites excluding steroid dienone is 1. The number of carbonyl (C=O) groups excluding carboxylic acids is 2. The monoisotopic (exact) mass is 551 g/mol. The molecule has 1 N–H and O–H groups in total. The molecule has 2 heterocycles. The number of ether oxygens (including phenoxy) is 2. The molecule has 1 aliphatic carbocycles. The molecule has 0 radical (unpaired) electrons. The summed E-state index contributed by atoms with van der Waals surface area (Å²) < 4.78 is 12.0. The van der Waals surface area contributed by atoms with Crippen LogP contribution in [0.4, 0.5) is 5.69 Å². The van der Waals surface area contributed by atoms with Crippen molar-refractivity contribution in [2.24, 2.45) is 17.8 Å². The number of hydrogen-bond donors (Lipinski definition) is 1. The van der Waals surface area contributed by atoms with Crippen molar-refractivity contribution in [2.75, 3.05) is 25.2 Å². The molecule has 0 spiro atoms. The van der Waals surface area contributed by atoms with Crippen LogP contribution in [0.2, 0.25) is 0 Å². The number of benzene rings is 3. The van der Waals surface area contributed by atoms with E-state index in [0.29, 0.717) is 31.1 Å². The molecule has 0 saturated carbocycles. The van der Waals surface area contributed by atoms with Gasteiger partial charge in [-0.15, -0.1) is 0 Å². The SMILES string of the molecule is CCC/C(=C\c1ccc(O)c2ccccc12)CC[C@H]1OC[C@H]2C1=C(COC)C[C@H]1C(=O)N(c3ccccc3)C(=O)[C@H]12. The summed E-state index contributed by atoms with van der Waals surface area (Å²) in [4.78, 5) is 28.6. The van der Waals surface area contributed by atoms with Gasteiger partial charge in [-0.1, -0.05) is 73.5 Å². The van der Waals surface area contributed by atoms with Crippen LogP contribution in [0.3, 0.4) is 0 Å². The molecule has 2 aliphatic heterocycles. The van der Waals surface area contributed by atoms with Crippen LogP contribution in [0.5, 0.6) is 5.75 Å². The lowest BCUT2D eigenvalue weighted by Crippen LogP contribution is -2.35. The maximum atomic E-state index is 13.7. The lowest BCUT2D eigenvalue weighted by atomic mass is 9.69. The zero-order valence-corrected chi connectivity index (χ0v) is 23.7. The predicted molar refractivity (Wildman–Crippen MR) is 160 cm³/mol. The average Bonchev–Trinajstić information content (AvgIpc) is 3.52. The topological polar surface area (TPSA) is 76.1 Å². The molecule has 41 heavy (non-hydrogen) atoms. The molecule has 2 fully saturated rings. The van der Waals surface area contributed by atoms with Crippen molar-refractivity contribution in [3.8, 4) is 5.75 Å². The summed E-state index contributed by atoms with van der Waals surface area (Å²) in [5.41, 5.74) is 5.36. The molecule has 2 amide bonds. The average molecular weight is 552 g/mol. The number of para-hydroxylation sites is 1. The third kappa shape index (κ3) is 5.00. The lowest BCUT2D eigenvalue weighted by molar-refractivity contribution is -0.122. The highest BCUT2D eigenvalue weighted by Crippen LogP contribution is 2.50. The van der Waals surface area contributed by atoms with E-state index in [1.165, 1.54) is 16.0 Å². The Morgan fingerprint density at radius 2 is 1.73 bits per heavy atom. The van der Waals surface area contributed by atoms with Gasteiger partial charge in [0, 0.05) is 18.4 Å². The summed E-state index contributed by atoms with van der Waals surface area (Å²) in [5.74, 6) is -0.802. The van der Waals surface area contributed by atoms with Crippen LogP contribution in [-0.4, -0.2) is 43.3 Å². The highest BCUT2D eigenvalue weighted by atomic mass is 16.5. The van der Waals surface area contributed by atoms with Crippen molar-refractivity contribution in [2.45, 2.75) is 45.1 Å². The van der Waals surface area contributed by atoms with E-state index in [2.05, 4.69) is 13.0 Å². The predicted octanol–water partition coefficient (Wildman–Crippen LogP) is 6.68. The Morgan fingerprint density at radius 3 is 2.49 bits per heavy atom. The number of aromatic hydroxyl groups is 1. The second-order valence-corrected chi connectivity index (χ2v) is 11.4. The first-order chi connectivity index (χ1) is 20.0. The smallest absolute Gasteiger partial charge is 0.238 e. The number of phenolic OH excluding ortho intramolecular Hbond substituents is 1. The minimum Gasteiger partial charge on any atom is -0.507 e. The van der Waals surface area contributed by atoms with Crippen molar-refractivity contribution >= 4 is 34.4 Å². The van der Waals surface area contributed by atoms with Gasteiger partial charge in [0.1, 0.15) is 5.75 Å². The molecule has 4 atom stereocenters. The first-order valence-electron chi connectivity index (χ1n) is 14.7. The van der Waals surface area contributed by atoms with Gasteiger partial charge in [0.2, 0.25) is 11.8 Å². The number of amides is 2. The van der Waals surface area contributed by atoms with E-state index in [4.69, 9.17) is 9.47 Å². The molecule has 6 rings (SSSR count). The summed E-state index contributed by atoms with van der Waals surface area (Å²) >= 11 is 0. The van der Waals surface area contributed by atoms with Gasteiger partial charge in [-0.25, -0.2) is 0 Å². The Labute approximate surface area is 241 Å². The Balaban J connectivity index is 1.26. The van der Waals surface area contributed by atoms with E-state index in [0.717, 1.165) is 47.6 Å². The van der Waals surface area contributed by atoms with E-state index >= 15 is 0 Å². The number of phenols is 1. The minimum atomic E-state index is -0.391. The van der Waals surface area contributed by atoms with Crippen LogP contribution in [0.25, 0.3) is 16.8 Å². The van der Waals surface area contributed by atoms with Crippen LogP contribution in [0, 0.1) is 17.8 Å². The number of nitrogens with zero attached hydrogens (tertiary/aromatic N) is 1. The molecule has 6 nitrogen and oxygen atoms in total. The summed E-state index contributed by atoms with van der Waals surface area (Å²) in [7, 11) is 1.68. The number of carbonyl (C=O) groups is 2. The molecule has 212 valence electrons. The number of fused-ring (bicyclic) bond motifs is 4. The maximum absolute atomic E-state index is 13.7. The second kappa shape index (κ2) is 11.6. The largest absolute Gasteiger partial charge is 0.507 e. The highest BCUT2D eigenvalue weighted by molar-refractivity contribution is 6.22. The van der Waals surface area contributed by atoms with Gasteiger partial charge in [-0.2, -0.15) is 0 Å². The van der Waals surface area contributed by atoms with Gasteiger partial charge < -0.3 is 14.6 Å². The molecular weight excluding hydrogens is 514 g/mol. The highest BCUT2D eigenvalue weighted by Gasteiger charge is 2.57. The third-order valence-electron chi connectivity index (χ3n) is 8.93. The number of methoxy groups -OCH3 is 1. The van der Waals surface area contributed by atoms with Gasteiger partial charge in [-0.05, 0) is 66.0 Å². The Morgan fingerprint density at radius 1 is 0.976 bits per heavy atom. The van der Waals surface area contributed by atoms with Gasteiger partial charge in [0.25, 0.3) is 0 Å². The summed E-state index contributed by atoms with van der Waals surface area (Å²) in [5, 5.41) is 12.2. The standard InChI is InChI=1S/C35H37NO5/c1-3-9-22(18-23-15-16-30(37)27-13-8-7-12-26(23)27)14-17-31-32-24(20-40-2)19-28-33(29(32)21-41-31)35(39)36(34(28)38)25-10-5-4-6-11-25/h4-8,10-13,15-16,18,28-29,31,33,37H,3,9,14,17,19-21H2,1-2H3/b22-18+/t28-,29+,31-,33-/m1/s1. The first kappa shape index (κ1) is 27.4. The Hall–Kier alpha value is -3.74. The van der Waals surface area contributed by atoms with Crippen LogP contribution >= 0.6 is 0 Å². The van der Waals surface area contributed by atoms with Crippen molar-refractivity contribution in [3.05, 3.63) is 89.0 Å². The summed E-state index contributed by atoms with van der Waals surface area (Å²) in [6.45, 7) is 3.08. The van der Waals surface area contributed by atoms with E-state index in [9.17, 15) is 14.7 Å². The number of hydrogen-bond acceptors (Lipinski definition) is 5. The number of imide groups is 1. The second-order valence-electron chi connectivity index (χ2n) is 11.4. The zero-order chi connectivity index (χ0) is 28.5. The quantitative estimate of drug-likeness (QED) is 0.237. The molecule has 0 unspecified atom stereocenters. The normalized spacial score (nSPS) is 24.3. The third-order valence-corrected chi connectivity index (χ3v) is 8.93. The van der Waals surface area contributed by atoms with Crippen LogP contribution in [0.15, 0.2) is 83.4 Å². The molecular formula is C35H37NO5. The molecule has 2 saturated heterocycles. The van der Waals surface area contributed by atoms with Gasteiger partial charge in [0.15, 0.2) is 0 Å². The van der Waals surface area contributed by atoms with E-state index < -0.39 is 5.92 Å². The fourth-order valence-corrected chi connectivity index (χ4v) is 7.17. The summed E-state index contributed by atoms with van der Waals surface area (Å²) in [6.07, 6.45) is 6.37. The van der Waals surface area contributed by atoms with E-state index in [1.54, 1.807) is 13.2 Å². The van der Waals surface area contributed by atoms with Crippen molar-refractivity contribution in [1.29, 1.82) is 0 Å². The molecule has 3 aromatic rings. The molecule has 6 heteroatoms. The maximum Gasteiger partial charge on any atom is 0.238 e. The number of rotatable bonds is 9. The van der Waals surface area contributed by atoms with Gasteiger partial charge in [0.05, 0.1) is 36.8 Å².